The van der Waals surface area contributed by atoms with Crippen LogP contribution in [0.15, 0.2) is 104 Å². The first-order chi connectivity index (χ1) is 18.8. The van der Waals surface area contributed by atoms with E-state index in [1.807, 2.05) is 78.3 Å². The highest BCUT2D eigenvalue weighted by molar-refractivity contribution is 9.10. The third-order valence-electron chi connectivity index (χ3n) is 6.07. The average Bonchev–Trinajstić information content (AvgIpc) is 2.93. The Labute approximate surface area is 239 Å². The van der Waals surface area contributed by atoms with E-state index in [0.717, 1.165) is 31.0 Å². The van der Waals surface area contributed by atoms with Gasteiger partial charge in [-0.1, -0.05) is 41.5 Å². The van der Waals surface area contributed by atoms with Crippen molar-refractivity contribution in [3.63, 3.8) is 0 Å². The molecule has 0 unspecified atom stereocenters. The number of pyridine rings is 1. The van der Waals surface area contributed by atoms with E-state index >= 15 is 0 Å². The van der Waals surface area contributed by atoms with E-state index in [9.17, 15) is 4.79 Å². The molecule has 9 heteroatoms. The summed E-state index contributed by atoms with van der Waals surface area (Å²) in [6.07, 6.45) is 1.72. The molecule has 7 nitrogen and oxygen atoms in total. The molecular weight excluding hydrogens is 572 g/mol. The molecule has 39 heavy (non-hydrogen) atoms. The van der Waals surface area contributed by atoms with Gasteiger partial charge in [0.15, 0.2) is 5.49 Å². The van der Waals surface area contributed by atoms with Gasteiger partial charge in [-0.25, -0.2) is 15.0 Å². The second kappa shape index (κ2) is 11.4. The Morgan fingerprint density at radius 1 is 1.03 bits per heavy atom. The number of carbonyl (C=O) groups excluding carboxylic acids is 1. The predicted molar refractivity (Wildman–Crippen MR) is 161 cm³/mol. The van der Waals surface area contributed by atoms with Gasteiger partial charge in [0.1, 0.15) is 5.65 Å². The van der Waals surface area contributed by atoms with Crippen molar-refractivity contribution in [1.29, 1.82) is 0 Å². The summed E-state index contributed by atoms with van der Waals surface area (Å²) >= 11 is 4.97. The van der Waals surface area contributed by atoms with Crippen LogP contribution in [0.5, 0.6) is 0 Å². The SMILES string of the molecule is CC(C)c1ccc2c(=Nc3cc(C(=O)Nc4ccc(Br)cc4)ccc3Sc3ccc(N)cc3)ncn(C)c2n1. The molecule has 5 aromatic rings. The second-order valence-electron chi connectivity index (χ2n) is 9.37. The van der Waals surface area contributed by atoms with Crippen molar-refractivity contribution in [3.05, 3.63) is 106 Å². The minimum atomic E-state index is -0.224. The minimum Gasteiger partial charge on any atom is -0.399 e. The number of aromatic nitrogens is 3. The average molecular weight is 600 g/mol. The minimum absolute atomic E-state index is 0.224. The molecule has 1 amide bonds. The van der Waals surface area contributed by atoms with Crippen molar-refractivity contribution in [3.8, 4) is 0 Å². The molecule has 0 fully saturated rings. The first-order valence-electron chi connectivity index (χ1n) is 12.4. The van der Waals surface area contributed by atoms with Crippen LogP contribution in [0.3, 0.4) is 0 Å². The summed E-state index contributed by atoms with van der Waals surface area (Å²) in [5.74, 6) is 0.0742. The van der Waals surface area contributed by atoms with Gasteiger partial charge in [0.05, 0.1) is 17.4 Å². The monoisotopic (exact) mass is 598 g/mol. The fourth-order valence-electron chi connectivity index (χ4n) is 3.93. The Morgan fingerprint density at radius 3 is 2.49 bits per heavy atom. The van der Waals surface area contributed by atoms with Crippen LogP contribution in [0, 0.1) is 0 Å². The summed E-state index contributed by atoms with van der Waals surface area (Å²) in [4.78, 5) is 29.5. The van der Waals surface area contributed by atoms with Crippen molar-refractivity contribution in [2.75, 3.05) is 11.1 Å². The van der Waals surface area contributed by atoms with Crippen LogP contribution in [0.4, 0.5) is 17.1 Å². The van der Waals surface area contributed by atoms with Gasteiger partial charge in [-0.05, 0) is 84.8 Å². The molecule has 0 radical (unpaired) electrons. The number of hydrogen-bond donors (Lipinski definition) is 2. The number of anilines is 2. The number of fused-ring (bicyclic) bond motifs is 1. The molecule has 0 saturated carbocycles. The van der Waals surface area contributed by atoms with Gasteiger partial charge >= 0.3 is 0 Å². The summed E-state index contributed by atoms with van der Waals surface area (Å²) < 4.78 is 2.84. The predicted octanol–water partition coefficient (Wildman–Crippen LogP) is 7.07. The zero-order valence-corrected chi connectivity index (χ0v) is 24.1. The van der Waals surface area contributed by atoms with Gasteiger partial charge in [0.2, 0.25) is 0 Å². The van der Waals surface area contributed by atoms with Gasteiger partial charge in [-0.15, -0.1) is 0 Å². The zero-order valence-electron chi connectivity index (χ0n) is 21.7. The molecule has 0 saturated heterocycles. The van der Waals surface area contributed by atoms with Crippen LogP contribution in [0.1, 0.15) is 35.8 Å². The number of nitrogen functional groups attached to an aromatic ring is 1. The van der Waals surface area contributed by atoms with Crippen molar-refractivity contribution in [2.45, 2.75) is 29.6 Å². The maximum absolute atomic E-state index is 13.2. The van der Waals surface area contributed by atoms with Gasteiger partial charge in [-0.2, -0.15) is 0 Å². The number of aryl methyl sites for hydroxylation is 1. The number of halogens is 1. The second-order valence-corrected chi connectivity index (χ2v) is 11.4. The molecule has 0 aliphatic rings. The van der Waals surface area contributed by atoms with Gasteiger partial charge in [0.25, 0.3) is 5.91 Å². The molecule has 0 aliphatic carbocycles. The largest absolute Gasteiger partial charge is 0.399 e. The maximum atomic E-state index is 13.2. The van der Waals surface area contributed by atoms with E-state index < -0.39 is 0 Å². The maximum Gasteiger partial charge on any atom is 0.255 e. The molecule has 0 bridgehead atoms. The van der Waals surface area contributed by atoms with E-state index in [0.29, 0.717) is 34.0 Å². The summed E-state index contributed by atoms with van der Waals surface area (Å²) in [6, 6.07) is 24.7. The van der Waals surface area contributed by atoms with Crippen molar-refractivity contribution >= 4 is 61.7 Å². The van der Waals surface area contributed by atoms with Gasteiger partial charge in [-0.3, -0.25) is 4.79 Å². The van der Waals surface area contributed by atoms with Crippen molar-refractivity contribution in [1.82, 2.24) is 14.5 Å². The van der Waals surface area contributed by atoms with E-state index in [4.69, 9.17) is 15.7 Å². The fraction of sp³-hybridized carbons (Fsp3) is 0.133. The Kier molecular flexibility index (Phi) is 7.81. The van der Waals surface area contributed by atoms with Crippen LogP contribution in [-0.2, 0) is 7.05 Å². The van der Waals surface area contributed by atoms with Crippen LogP contribution < -0.4 is 16.5 Å². The van der Waals surface area contributed by atoms with Crippen molar-refractivity contribution in [2.24, 2.45) is 12.0 Å². The molecule has 5 rings (SSSR count). The summed E-state index contributed by atoms with van der Waals surface area (Å²) in [5, 5.41) is 3.79. The van der Waals surface area contributed by atoms with Crippen LogP contribution >= 0.6 is 27.7 Å². The zero-order chi connectivity index (χ0) is 27.5. The first-order valence-corrected chi connectivity index (χ1v) is 14.0. The molecule has 0 aliphatic heterocycles. The Balaban J connectivity index is 1.61. The Morgan fingerprint density at radius 2 is 1.77 bits per heavy atom. The molecule has 2 aromatic heterocycles. The Hall–Kier alpha value is -3.95. The molecular formula is C30H27BrN6OS. The van der Waals surface area contributed by atoms with E-state index in [1.54, 1.807) is 30.2 Å². The highest BCUT2D eigenvalue weighted by Crippen LogP contribution is 2.36. The smallest absolute Gasteiger partial charge is 0.255 e. The summed E-state index contributed by atoms with van der Waals surface area (Å²) in [6.45, 7) is 4.23. The number of benzene rings is 3. The number of nitrogens with zero attached hydrogens (tertiary/aromatic N) is 4. The van der Waals surface area contributed by atoms with Crippen LogP contribution in [0.25, 0.3) is 11.0 Å². The number of carbonyl (C=O) groups is 1. The number of nitrogens with two attached hydrogens (primary N) is 1. The number of hydrogen-bond acceptors (Lipinski definition) is 6. The van der Waals surface area contributed by atoms with Gasteiger partial charge in [0, 0.05) is 43.9 Å². The quantitative estimate of drug-likeness (QED) is 0.204. The Bertz CT molecular complexity index is 1730. The van der Waals surface area contributed by atoms with E-state index in [1.165, 1.54) is 0 Å². The lowest BCUT2D eigenvalue weighted by atomic mass is 10.1. The lowest BCUT2D eigenvalue weighted by molar-refractivity contribution is 0.102. The molecule has 3 aromatic carbocycles. The topological polar surface area (TPSA) is 98.2 Å². The molecule has 0 spiro atoms. The normalized spacial score (nSPS) is 11.8. The van der Waals surface area contributed by atoms with Gasteiger partial charge < -0.3 is 15.6 Å². The third-order valence-corrected chi connectivity index (χ3v) is 7.68. The molecule has 2 heterocycles. The van der Waals surface area contributed by atoms with Crippen LogP contribution in [0.2, 0.25) is 0 Å². The van der Waals surface area contributed by atoms with Crippen molar-refractivity contribution < 1.29 is 4.79 Å². The lowest BCUT2D eigenvalue weighted by Crippen LogP contribution is -2.14. The summed E-state index contributed by atoms with van der Waals surface area (Å²) in [5.41, 5.74) is 10.7. The van der Waals surface area contributed by atoms with E-state index in [2.05, 4.69) is 40.1 Å². The fourth-order valence-corrected chi connectivity index (χ4v) is 5.06. The highest BCUT2D eigenvalue weighted by Gasteiger charge is 2.13. The molecule has 3 N–H and O–H groups in total. The third kappa shape index (κ3) is 6.21. The molecule has 0 atom stereocenters. The standard InChI is InChI=1S/C30H27BrN6OS/c1-18(2)25-14-13-24-28(33-17-37(3)29(24)36-25)35-26-16-19(30(38)34-22-9-5-20(31)6-10-22)4-15-27(26)39-23-11-7-21(32)8-12-23/h4-18H,32H2,1-3H3,(H,34,38). The number of rotatable bonds is 6. The van der Waals surface area contributed by atoms with E-state index in [-0.39, 0.29) is 5.91 Å². The lowest BCUT2D eigenvalue weighted by Gasteiger charge is -2.11. The van der Waals surface area contributed by atoms with Crippen LogP contribution in [-0.4, -0.2) is 20.4 Å². The number of nitrogens with one attached hydrogen (secondary N) is 1. The number of amides is 1. The first kappa shape index (κ1) is 26.6. The molecule has 196 valence electrons. The summed E-state index contributed by atoms with van der Waals surface area (Å²) in [7, 11) is 1.92. The highest BCUT2D eigenvalue weighted by atomic mass is 79.9.